The van der Waals surface area contributed by atoms with E-state index in [2.05, 4.69) is 211 Å². The molecule has 21 heteroatoms. The zero-order valence-electron chi connectivity index (χ0n) is 54.5. The summed E-state index contributed by atoms with van der Waals surface area (Å²) in [7, 11) is -0.108. The number of carbonyl (C=O) groups excluding carboxylic acids is 3. The van der Waals surface area contributed by atoms with Crippen molar-refractivity contribution >= 4 is 139 Å². The van der Waals surface area contributed by atoms with Crippen LogP contribution in [0.2, 0.25) is 0 Å². The van der Waals surface area contributed by atoms with Gasteiger partial charge in [0, 0.05) is 124 Å². The number of amides is 3. The Hall–Kier alpha value is -4.83. The summed E-state index contributed by atoms with van der Waals surface area (Å²) >= 11 is 7.69. The van der Waals surface area contributed by atoms with Crippen molar-refractivity contribution in [3.8, 4) is 0 Å². The Labute approximate surface area is 574 Å². The number of hydrogen-bond donors (Lipinski definition) is 0. The van der Waals surface area contributed by atoms with Crippen LogP contribution < -0.4 is 30.8 Å². The minimum Gasteiger partial charge on any atom is -0.444 e. The van der Waals surface area contributed by atoms with Crippen molar-refractivity contribution in [3.63, 3.8) is 0 Å². The maximum absolute atomic E-state index is 12.4. The molecule has 480 valence electrons. The average Bonchev–Trinajstić information content (AvgIpc) is 0.815. The van der Waals surface area contributed by atoms with Gasteiger partial charge in [0.25, 0.3) is 0 Å². The number of piperazine rings is 3. The topological polar surface area (TPSA) is 135 Å². The van der Waals surface area contributed by atoms with Crippen LogP contribution in [0.15, 0.2) is 121 Å². The number of anilines is 3. The standard InChI is InChI=1S/3C23H28IN3O2S/c3*1-15-7-6-8-18-20(15)25-21-16(2)13-17(14-19(21)30(18)24)26-9-11-27(12-10-26)22(28)29-23(3,4)5/h3*6-8,13-14H,9-12H2,1-5H3. The van der Waals surface area contributed by atoms with E-state index in [0.29, 0.717) is 39.3 Å². The van der Waals surface area contributed by atoms with Crippen molar-refractivity contribution in [1.82, 2.24) is 14.7 Å². The van der Waals surface area contributed by atoms with E-state index in [0.717, 1.165) is 72.4 Å². The summed E-state index contributed by atoms with van der Waals surface area (Å²) in [6.45, 7) is 38.9. The van der Waals surface area contributed by atoms with Crippen LogP contribution in [0.4, 0.5) is 48.5 Å². The average molecular weight is 1610 g/mol. The molecule has 3 unspecified atom stereocenters. The number of fused-ring (bicyclic) bond motifs is 6. The molecule has 6 aliphatic heterocycles. The van der Waals surface area contributed by atoms with Gasteiger partial charge in [-0.25, -0.2) is 29.4 Å². The third-order valence-corrected chi connectivity index (χ3v) is 28.9. The molecule has 0 aliphatic carbocycles. The molecule has 3 fully saturated rings. The second kappa shape index (κ2) is 27.6. The van der Waals surface area contributed by atoms with Crippen molar-refractivity contribution in [2.24, 2.45) is 15.0 Å². The van der Waals surface area contributed by atoms with Crippen molar-refractivity contribution in [3.05, 3.63) is 154 Å². The molecule has 0 radical (unpaired) electrons. The molecule has 3 atom stereocenters. The number of carbonyl (C=O) groups is 3. The molecule has 6 aliphatic rings. The van der Waals surface area contributed by atoms with E-state index in [-0.39, 0.29) is 41.2 Å². The molecule has 3 saturated heterocycles. The molecule has 0 spiro atoms. The monoisotopic (exact) mass is 1610 g/mol. The van der Waals surface area contributed by atoms with Gasteiger partial charge in [0.15, 0.2) is 0 Å². The van der Waals surface area contributed by atoms with Crippen LogP contribution in [0, 0.1) is 55.1 Å². The van der Waals surface area contributed by atoms with Crippen LogP contribution in [0.5, 0.6) is 0 Å². The van der Waals surface area contributed by atoms with Gasteiger partial charge in [-0.1, -0.05) is 59.4 Å². The summed E-state index contributed by atoms with van der Waals surface area (Å²) < 4.78 is 20.5. The third-order valence-electron chi connectivity index (χ3n) is 16.1. The first kappa shape index (κ1) is 68.0. The smallest absolute Gasteiger partial charge is 0.410 e. The van der Waals surface area contributed by atoms with E-state index in [4.69, 9.17) is 29.2 Å². The molecule has 90 heavy (non-hydrogen) atoms. The summed E-state index contributed by atoms with van der Waals surface area (Å²) in [6.07, 6.45) is -0.657. The largest absolute Gasteiger partial charge is 0.444 e. The van der Waals surface area contributed by atoms with E-state index in [1.54, 1.807) is 0 Å². The van der Waals surface area contributed by atoms with Gasteiger partial charge in [-0.05, 0) is 255 Å². The van der Waals surface area contributed by atoms with Crippen LogP contribution in [-0.4, -0.2) is 128 Å². The van der Waals surface area contributed by atoms with Crippen molar-refractivity contribution < 1.29 is 28.6 Å². The van der Waals surface area contributed by atoms with Crippen molar-refractivity contribution in [2.75, 3.05) is 93.2 Å². The second-order valence-electron chi connectivity index (χ2n) is 26.6. The number of hydrogen-bond acceptors (Lipinski definition) is 12. The fourth-order valence-electron chi connectivity index (χ4n) is 11.4. The van der Waals surface area contributed by atoms with Crippen LogP contribution >= 0.6 is 86.6 Å². The number of benzene rings is 6. The Morgan fingerprint density at radius 3 is 0.822 bits per heavy atom. The fourth-order valence-corrected chi connectivity index (χ4v) is 21.9. The van der Waals surface area contributed by atoms with Gasteiger partial charge in [-0.2, -0.15) is 0 Å². The quantitative estimate of drug-likeness (QED) is 0.0964. The number of para-hydroxylation sites is 3. The molecule has 15 nitrogen and oxygen atoms in total. The molecule has 0 bridgehead atoms. The van der Waals surface area contributed by atoms with Gasteiger partial charge in [-0.3, -0.25) is 0 Å². The van der Waals surface area contributed by atoms with Gasteiger partial charge in [-0.15, -0.1) is 0 Å². The zero-order chi connectivity index (χ0) is 64.9. The second-order valence-corrected chi connectivity index (χ2v) is 38.7. The van der Waals surface area contributed by atoms with Gasteiger partial charge in [0.1, 0.15) is 16.8 Å². The summed E-state index contributed by atoms with van der Waals surface area (Å²) in [5.74, 6) is 0. The number of nitrogens with zero attached hydrogens (tertiary/aromatic N) is 9. The Bertz CT molecular complexity index is 3830. The lowest BCUT2D eigenvalue weighted by atomic mass is 10.1. The number of aryl methyl sites for hydroxylation is 6. The Balaban J connectivity index is 0.000000148. The molecule has 0 aromatic heterocycles. The summed E-state index contributed by atoms with van der Waals surface area (Å²) in [5, 5.41) is 3.39. The lowest BCUT2D eigenvalue weighted by molar-refractivity contribution is 0.0230. The summed E-state index contributed by atoms with van der Waals surface area (Å²) in [6, 6.07) is 33.0. The van der Waals surface area contributed by atoms with E-state index >= 15 is 0 Å². The Kier molecular flexibility index (Phi) is 20.9. The van der Waals surface area contributed by atoms with E-state index in [1.807, 2.05) is 77.0 Å². The lowest BCUT2D eigenvalue weighted by Gasteiger charge is -2.37. The minimum atomic E-state index is -0.460. The Morgan fingerprint density at radius 2 is 0.600 bits per heavy atom. The Morgan fingerprint density at radius 1 is 0.367 bits per heavy atom. The molecule has 6 heterocycles. The summed E-state index contributed by atoms with van der Waals surface area (Å²) in [4.78, 5) is 68.6. The van der Waals surface area contributed by atoms with Crippen molar-refractivity contribution in [1.29, 1.82) is 0 Å². The molecule has 0 N–H and O–H groups in total. The van der Waals surface area contributed by atoms with Gasteiger partial charge in [0.2, 0.25) is 0 Å². The highest BCUT2D eigenvalue weighted by molar-refractivity contribution is 14.2. The predicted molar refractivity (Wildman–Crippen MR) is 396 cm³/mol. The van der Waals surface area contributed by atoms with Gasteiger partial charge in [0.05, 0.1) is 33.1 Å². The molecule has 6 aromatic carbocycles. The first-order chi connectivity index (χ1) is 42.4. The molecular formula is C69H84I3N9O6S3. The molecular weight excluding hydrogens is 1530 g/mol. The number of ether oxygens (including phenoxy) is 3. The highest BCUT2D eigenvalue weighted by Crippen LogP contribution is 2.50. The van der Waals surface area contributed by atoms with E-state index in [1.165, 1.54) is 78.7 Å². The summed E-state index contributed by atoms with van der Waals surface area (Å²) in [5.41, 5.74) is 12.9. The minimum absolute atomic E-state index is 0.0361. The number of halogens is 3. The highest BCUT2D eigenvalue weighted by Gasteiger charge is 2.31. The zero-order valence-corrected chi connectivity index (χ0v) is 63.4. The van der Waals surface area contributed by atoms with Crippen LogP contribution in [-0.2, 0) is 14.2 Å². The van der Waals surface area contributed by atoms with Gasteiger partial charge < -0.3 is 43.6 Å². The first-order valence-electron chi connectivity index (χ1n) is 30.7. The maximum atomic E-state index is 12.4. The van der Waals surface area contributed by atoms with Crippen LogP contribution in [0.1, 0.15) is 95.7 Å². The van der Waals surface area contributed by atoms with E-state index < -0.39 is 16.8 Å². The molecule has 0 saturated carbocycles. The predicted octanol–water partition coefficient (Wildman–Crippen LogP) is 16.7. The van der Waals surface area contributed by atoms with E-state index in [9.17, 15) is 14.4 Å². The third kappa shape index (κ3) is 15.5. The normalized spacial score (nSPS) is 18.4. The fraction of sp³-hybridized carbons (Fsp3) is 0.435. The maximum Gasteiger partial charge on any atom is 0.410 e. The molecule has 12 rings (SSSR count). The van der Waals surface area contributed by atoms with Crippen LogP contribution in [0.25, 0.3) is 0 Å². The van der Waals surface area contributed by atoms with Crippen LogP contribution in [0.3, 0.4) is 0 Å². The lowest BCUT2D eigenvalue weighted by Crippen LogP contribution is -2.50. The first-order valence-corrected chi connectivity index (χ1v) is 42.0. The SMILES string of the molecule is Cc1cc(N2CCN(C(=O)OC(C)(C)C)CC2)cc2c1N=c1c(C)cccc1=S2I.Cc1cc(N2CCN(C(=O)OC(C)(C)C)CC2)cc2c1N=c1c(C)cccc1=S2I.Cc1cc(N2CCN(C(=O)OC(C)(C)C)CC2)cc2c1N=c1c(C)cccc1=S2I. The highest BCUT2D eigenvalue weighted by atomic mass is 127. The van der Waals surface area contributed by atoms with Gasteiger partial charge >= 0.3 is 18.3 Å². The molecule has 3 amide bonds. The molecule has 6 aromatic rings. The number of rotatable bonds is 3. The van der Waals surface area contributed by atoms with Crippen molar-refractivity contribution in [2.45, 2.75) is 135 Å².